The Morgan fingerprint density at radius 3 is 2.53 bits per heavy atom. The van der Waals surface area contributed by atoms with Crippen molar-refractivity contribution in [2.45, 2.75) is 19.9 Å². The second kappa shape index (κ2) is 6.17. The maximum atomic E-state index is 6.02. The molecule has 5 heteroatoms. The van der Waals surface area contributed by atoms with Crippen LogP contribution in [0.4, 0.5) is 0 Å². The molecule has 4 nitrogen and oxygen atoms in total. The minimum Gasteiger partial charge on any atom is -0.398 e. The van der Waals surface area contributed by atoms with E-state index in [2.05, 4.69) is 16.7 Å². The van der Waals surface area contributed by atoms with Crippen LogP contribution in [0.15, 0.2) is 35.8 Å². The average molecular weight is 281 g/mol. The molecule has 1 aliphatic rings. The van der Waals surface area contributed by atoms with Gasteiger partial charge in [-0.3, -0.25) is 4.90 Å². The predicted molar refractivity (Wildman–Crippen MR) is 79.1 cm³/mol. The first-order chi connectivity index (χ1) is 9.10. The molecule has 1 heterocycles. The standard InChI is InChI=1S/C14H21ClN4/c1-2-7-19-10-18(9-13(16)14(19)17)8-11-3-5-12(15)6-4-11/h3-6H,2,7-10,16-17H2,1H3. The van der Waals surface area contributed by atoms with Crippen molar-refractivity contribution >= 4 is 11.6 Å². The minimum atomic E-state index is 0.717. The van der Waals surface area contributed by atoms with Gasteiger partial charge in [0.25, 0.3) is 0 Å². The summed E-state index contributed by atoms with van der Waals surface area (Å²) in [6.07, 6.45) is 1.06. The number of nitrogens with two attached hydrogens (primary N) is 2. The van der Waals surface area contributed by atoms with Crippen LogP contribution in [0.2, 0.25) is 5.02 Å². The zero-order valence-corrected chi connectivity index (χ0v) is 12.0. The molecule has 1 aromatic rings. The summed E-state index contributed by atoms with van der Waals surface area (Å²) in [5.74, 6) is 0.731. The van der Waals surface area contributed by atoms with Gasteiger partial charge in [-0.05, 0) is 24.1 Å². The van der Waals surface area contributed by atoms with E-state index in [0.717, 1.165) is 42.7 Å². The molecular formula is C14H21ClN4. The van der Waals surface area contributed by atoms with Crippen LogP contribution in [0.3, 0.4) is 0 Å². The van der Waals surface area contributed by atoms with Crippen molar-refractivity contribution in [2.75, 3.05) is 19.8 Å². The van der Waals surface area contributed by atoms with Crippen LogP contribution in [0.1, 0.15) is 18.9 Å². The number of rotatable bonds is 4. The normalized spacial score (nSPS) is 17.1. The lowest BCUT2D eigenvalue weighted by atomic mass is 10.2. The quantitative estimate of drug-likeness (QED) is 0.885. The van der Waals surface area contributed by atoms with Gasteiger partial charge in [-0.1, -0.05) is 30.7 Å². The number of hydrogen-bond acceptors (Lipinski definition) is 4. The lowest BCUT2D eigenvalue weighted by molar-refractivity contribution is 0.139. The molecule has 0 saturated carbocycles. The van der Waals surface area contributed by atoms with E-state index in [1.807, 2.05) is 24.3 Å². The summed E-state index contributed by atoms with van der Waals surface area (Å²) in [4.78, 5) is 4.42. The molecule has 19 heavy (non-hydrogen) atoms. The van der Waals surface area contributed by atoms with Crippen molar-refractivity contribution in [3.8, 4) is 0 Å². The predicted octanol–water partition coefficient (Wildman–Crippen LogP) is 1.91. The lowest BCUT2D eigenvalue weighted by Gasteiger charge is -2.37. The Kier molecular flexibility index (Phi) is 4.56. The third kappa shape index (κ3) is 3.55. The SMILES string of the molecule is CCCN1CN(Cc2ccc(Cl)cc2)CC(N)=C1N. The van der Waals surface area contributed by atoms with Crippen LogP contribution in [-0.2, 0) is 6.54 Å². The van der Waals surface area contributed by atoms with E-state index in [-0.39, 0.29) is 0 Å². The van der Waals surface area contributed by atoms with Gasteiger partial charge in [-0.2, -0.15) is 0 Å². The molecule has 0 aromatic heterocycles. The van der Waals surface area contributed by atoms with E-state index in [1.165, 1.54) is 5.56 Å². The van der Waals surface area contributed by atoms with E-state index >= 15 is 0 Å². The zero-order valence-electron chi connectivity index (χ0n) is 11.3. The van der Waals surface area contributed by atoms with E-state index in [1.54, 1.807) is 0 Å². The van der Waals surface area contributed by atoms with Gasteiger partial charge in [-0.15, -0.1) is 0 Å². The van der Waals surface area contributed by atoms with Gasteiger partial charge in [0, 0.05) is 24.7 Å². The van der Waals surface area contributed by atoms with Gasteiger partial charge in [0.1, 0.15) is 5.82 Å². The molecule has 0 saturated heterocycles. The van der Waals surface area contributed by atoms with Crippen LogP contribution in [0.5, 0.6) is 0 Å². The summed E-state index contributed by atoms with van der Waals surface area (Å²) in [5, 5.41) is 0.763. The van der Waals surface area contributed by atoms with Crippen LogP contribution >= 0.6 is 11.6 Å². The summed E-state index contributed by atoms with van der Waals surface area (Å²) in [7, 11) is 0. The first-order valence-corrected chi connectivity index (χ1v) is 6.93. The molecule has 0 bridgehead atoms. The number of nitrogens with zero attached hydrogens (tertiary/aromatic N) is 2. The fourth-order valence-electron chi connectivity index (χ4n) is 2.31. The van der Waals surface area contributed by atoms with Gasteiger partial charge in [-0.25, -0.2) is 0 Å². The van der Waals surface area contributed by atoms with E-state index < -0.39 is 0 Å². The second-order valence-corrected chi connectivity index (χ2v) is 5.37. The Balaban J connectivity index is 2.04. The molecule has 0 aliphatic carbocycles. The second-order valence-electron chi connectivity index (χ2n) is 4.93. The molecule has 0 unspecified atom stereocenters. The summed E-state index contributed by atoms with van der Waals surface area (Å²) < 4.78 is 0. The molecule has 4 N–H and O–H groups in total. The van der Waals surface area contributed by atoms with Crippen LogP contribution in [-0.4, -0.2) is 29.6 Å². The molecular weight excluding hydrogens is 260 g/mol. The van der Waals surface area contributed by atoms with E-state index in [9.17, 15) is 0 Å². The third-order valence-electron chi connectivity index (χ3n) is 3.25. The fraction of sp³-hybridized carbons (Fsp3) is 0.429. The highest BCUT2D eigenvalue weighted by Crippen LogP contribution is 2.16. The summed E-state index contributed by atoms with van der Waals surface area (Å²) in [6, 6.07) is 7.92. The molecule has 2 rings (SSSR count). The first-order valence-electron chi connectivity index (χ1n) is 6.56. The molecule has 1 aromatic carbocycles. The van der Waals surface area contributed by atoms with Crippen LogP contribution < -0.4 is 11.5 Å². The maximum Gasteiger partial charge on any atom is 0.120 e. The molecule has 104 valence electrons. The van der Waals surface area contributed by atoms with Gasteiger partial charge in [0.2, 0.25) is 0 Å². The smallest absolute Gasteiger partial charge is 0.120 e. The Bertz CT molecular complexity index is 455. The summed E-state index contributed by atoms with van der Waals surface area (Å²) in [6.45, 7) is 5.47. The maximum absolute atomic E-state index is 6.02. The Morgan fingerprint density at radius 1 is 1.21 bits per heavy atom. The van der Waals surface area contributed by atoms with Gasteiger partial charge < -0.3 is 16.4 Å². The van der Waals surface area contributed by atoms with Crippen molar-refractivity contribution in [1.29, 1.82) is 0 Å². The molecule has 0 fully saturated rings. The molecule has 0 atom stereocenters. The van der Waals surface area contributed by atoms with Crippen molar-refractivity contribution in [2.24, 2.45) is 11.5 Å². The Labute approximate surface area is 119 Å². The number of hydrogen-bond donors (Lipinski definition) is 2. The van der Waals surface area contributed by atoms with Crippen molar-refractivity contribution < 1.29 is 0 Å². The third-order valence-corrected chi connectivity index (χ3v) is 3.50. The van der Waals surface area contributed by atoms with Gasteiger partial charge >= 0.3 is 0 Å². The number of halogens is 1. The fourth-order valence-corrected chi connectivity index (χ4v) is 2.43. The van der Waals surface area contributed by atoms with E-state index in [0.29, 0.717) is 6.54 Å². The topological polar surface area (TPSA) is 58.5 Å². The highest BCUT2D eigenvalue weighted by Gasteiger charge is 2.21. The highest BCUT2D eigenvalue weighted by molar-refractivity contribution is 6.30. The number of benzene rings is 1. The lowest BCUT2D eigenvalue weighted by Crippen LogP contribution is -2.47. The van der Waals surface area contributed by atoms with E-state index in [4.69, 9.17) is 23.1 Å². The van der Waals surface area contributed by atoms with Crippen molar-refractivity contribution in [3.63, 3.8) is 0 Å². The first kappa shape index (κ1) is 14.0. The van der Waals surface area contributed by atoms with Gasteiger partial charge in [0.05, 0.1) is 12.4 Å². The summed E-state index contributed by atoms with van der Waals surface area (Å²) in [5.41, 5.74) is 14.0. The molecule has 1 aliphatic heterocycles. The van der Waals surface area contributed by atoms with Gasteiger partial charge in [0.15, 0.2) is 0 Å². The zero-order chi connectivity index (χ0) is 13.8. The molecule has 0 spiro atoms. The monoisotopic (exact) mass is 280 g/mol. The van der Waals surface area contributed by atoms with Crippen LogP contribution in [0, 0.1) is 0 Å². The van der Waals surface area contributed by atoms with Crippen molar-refractivity contribution in [1.82, 2.24) is 9.80 Å². The van der Waals surface area contributed by atoms with Crippen molar-refractivity contribution in [3.05, 3.63) is 46.4 Å². The highest BCUT2D eigenvalue weighted by atomic mass is 35.5. The minimum absolute atomic E-state index is 0.717. The molecule has 0 radical (unpaired) electrons. The largest absolute Gasteiger partial charge is 0.398 e. The summed E-state index contributed by atoms with van der Waals surface area (Å²) >= 11 is 5.90. The molecule has 0 amide bonds. The van der Waals surface area contributed by atoms with Crippen LogP contribution in [0.25, 0.3) is 0 Å². The average Bonchev–Trinajstić information content (AvgIpc) is 2.38. The Morgan fingerprint density at radius 2 is 1.89 bits per heavy atom. The Hall–Kier alpha value is -1.39.